The molecule has 1 atom stereocenters. The van der Waals surface area contributed by atoms with E-state index >= 15 is 0 Å². The lowest BCUT2D eigenvalue weighted by Gasteiger charge is -2.28. The van der Waals surface area contributed by atoms with E-state index in [1.54, 1.807) is 19.1 Å². The summed E-state index contributed by atoms with van der Waals surface area (Å²) in [5.74, 6) is 0. The number of benzene rings is 1. The zero-order valence-corrected chi connectivity index (χ0v) is 9.37. The topological polar surface area (TPSA) is 60.7 Å². The molecule has 0 amide bonds. The maximum atomic E-state index is 9.82. The fourth-order valence-electron chi connectivity index (χ4n) is 1.24. The second kappa shape index (κ2) is 5.80. The molecule has 0 spiro atoms. The standard InChI is InChI=1S/C13H18O3/c1-13(9-14,10-15)12(16)8-7-11-5-3-2-4-6-11/h2-8,12,14-16H,9-10H2,1H3/b8-7+/t12-/m1/s1. The minimum absolute atomic E-state index is 0.260. The second-order valence-corrected chi connectivity index (χ2v) is 4.18. The van der Waals surface area contributed by atoms with Crippen molar-refractivity contribution >= 4 is 6.08 Å². The minimum atomic E-state index is -0.898. The fraction of sp³-hybridized carbons (Fsp3) is 0.385. The molecule has 1 rings (SSSR count). The molecule has 0 saturated carbocycles. The highest BCUT2D eigenvalue weighted by molar-refractivity contribution is 5.49. The lowest BCUT2D eigenvalue weighted by molar-refractivity contribution is -0.0164. The first-order chi connectivity index (χ1) is 7.62. The Morgan fingerprint density at radius 2 is 1.75 bits per heavy atom. The van der Waals surface area contributed by atoms with Crippen molar-refractivity contribution in [1.82, 2.24) is 0 Å². The SMILES string of the molecule is CC(CO)(CO)[C@H](O)/C=C/c1ccccc1. The summed E-state index contributed by atoms with van der Waals surface area (Å²) < 4.78 is 0. The van der Waals surface area contributed by atoms with Gasteiger partial charge in [0.05, 0.1) is 19.3 Å². The van der Waals surface area contributed by atoms with E-state index in [2.05, 4.69) is 0 Å². The molecule has 0 aliphatic heterocycles. The molecule has 3 N–H and O–H groups in total. The molecule has 0 saturated heterocycles. The third kappa shape index (κ3) is 3.17. The summed E-state index contributed by atoms with van der Waals surface area (Å²) in [6.45, 7) is 1.11. The van der Waals surface area contributed by atoms with E-state index in [1.165, 1.54) is 0 Å². The lowest BCUT2D eigenvalue weighted by Crippen LogP contribution is -2.37. The Kier molecular flexibility index (Phi) is 4.68. The molecule has 3 nitrogen and oxygen atoms in total. The van der Waals surface area contributed by atoms with Crippen LogP contribution < -0.4 is 0 Å². The quantitative estimate of drug-likeness (QED) is 0.698. The molecule has 88 valence electrons. The first kappa shape index (κ1) is 12.9. The van der Waals surface area contributed by atoms with Crippen LogP contribution in [0.25, 0.3) is 6.08 Å². The van der Waals surface area contributed by atoms with Gasteiger partial charge in [-0.25, -0.2) is 0 Å². The van der Waals surface area contributed by atoms with Crippen LogP contribution in [-0.2, 0) is 0 Å². The van der Waals surface area contributed by atoms with Crippen molar-refractivity contribution in [3.05, 3.63) is 42.0 Å². The molecule has 0 aromatic heterocycles. The van der Waals surface area contributed by atoms with Gasteiger partial charge >= 0.3 is 0 Å². The normalized spacial score (nSPS) is 14.2. The molecule has 0 bridgehead atoms. The van der Waals surface area contributed by atoms with Crippen molar-refractivity contribution < 1.29 is 15.3 Å². The molecule has 0 fully saturated rings. The summed E-state index contributed by atoms with van der Waals surface area (Å²) in [5.41, 5.74) is 0.0745. The summed E-state index contributed by atoms with van der Waals surface area (Å²) in [6, 6.07) is 9.56. The summed E-state index contributed by atoms with van der Waals surface area (Å²) >= 11 is 0. The molecular formula is C13H18O3. The smallest absolute Gasteiger partial charge is 0.0821 e. The molecule has 16 heavy (non-hydrogen) atoms. The van der Waals surface area contributed by atoms with E-state index in [1.807, 2.05) is 30.3 Å². The van der Waals surface area contributed by atoms with Crippen molar-refractivity contribution in [2.75, 3.05) is 13.2 Å². The Labute approximate surface area is 95.7 Å². The zero-order valence-electron chi connectivity index (χ0n) is 9.37. The molecule has 0 unspecified atom stereocenters. The molecule has 1 aromatic carbocycles. The summed E-state index contributed by atoms with van der Waals surface area (Å²) in [6.07, 6.45) is 2.48. The van der Waals surface area contributed by atoms with E-state index in [0.717, 1.165) is 5.56 Å². The monoisotopic (exact) mass is 222 g/mol. The van der Waals surface area contributed by atoms with Crippen LogP contribution in [0.15, 0.2) is 36.4 Å². The predicted octanol–water partition coefficient (Wildman–Crippen LogP) is 1.05. The van der Waals surface area contributed by atoms with Crippen LogP contribution in [-0.4, -0.2) is 34.6 Å². The number of rotatable bonds is 5. The van der Waals surface area contributed by atoms with Crippen LogP contribution in [0.4, 0.5) is 0 Å². The molecule has 0 aliphatic rings. The van der Waals surface area contributed by atoms with Crippen LogP contribution in [0.5, 0.6) is 0 Å². The Morgan fingerprint density at radius 1 is 1.19 bits per heavy atom. The first-order valence-corrected chi connectivity index (χ1v) is 5.25. The van der Waals surface area contributed by atoms with E-state index in [9.17, 15) is 5.11 Å². The Balaban J connectivity index is 2.71. The van der Waals surface area contributed by atoms with Gasteiger partial charge in [0, 0.05) is 5.41 Å². The van der Waals surface area contributed by atoms with Crippen molar-refractivity contribution in [3.8, 4) is 0 Å². The van der Waals surface area contributed by atoms with Gasteiger partial charge in [0.15, 0.2) is 0 Å². The summed E-state index contributed by atoms with van der Waals surface area (Å²) in [4.78, 5) is 0. The van der Waals surface area contributed by atoms with Gasteiger partial charge in [-0.2, -0.15) is 0 Å². The van der Waals surface area contributed by atoms with Gasteiger partial charge in [-0.15, -0.1) is 0 Å². The van der Waals surface area contributed by atoms with Crippen LogP contribution in [0.3, 0.4) is 0 Å². The number of aliphatic hydroxyl groups is 3. The molecule has 1 aromatic rings. The average molecular weight is 222 g/mol. The highest BCUT2D eigenvalue weighted by atomic mass is 16.3. The van der Waals surface area contributed by atoms with E-state index in [-0.39, 0.29) is 13.2 Å². The number of aliphatic hydroxyl groups excluding tert-OH is 3. The Hall–Kier alpha value is -1.16. The van der Waals surface area contributed by atoms with Crippen LogP contribution in [0.2, 0.25) is 0 Å². The third-order valence-electron chi connectivity index (χ3n) is 2.71. The molecule has 0 radical (unpaired) electrons. The van der Waals surface area contributed by atoms with Crippen molar-refractivity contribution in [1.29, 1.82) is 0 Å². The molecule has 0 aliphatic carbocycles. The highest BCUT2D eigenvalue weighted by Crippen LogP contribution is 2.21. The van der Waals surface area contributed by atoms with Crippen LogP contribution in [0, 0.1) is 5.41 Å². The van der Waals surface area contributed by atoms with Crippen molar-refractivity contribution in [2.24, 2.45) is 5.41 Å². The van der Waals surface area contributed by atoms with E-state index in [0.29, 0.717) is 0 Å². The van der Waals surface area contributed by atoms with Crippen LogP contribution >= 0.6 is 0 Å². The second-order valence-electron chi connectivity index (χ2n) is 4.18. The predicted molar refractivity (Wildman–Crippen MR) is 63.8 cm³/mol. The largest absolute Gasteiger partial charge is 0.396 e. The summed E-state index contributed by atoms with van der Waals surface area (Å²) in [7, 11) is 0. The molecule has 3 heteroatoms. The van der Waals surface area contributed by atoms with Crippen molar-refractivity contribution in [3.63, 3.8) is 0 Å². The van der Waals surface area contributed by atoms with Gasteiger partial charge in [0.1, 0.15) is 0 Å². The number of hydrogen-bond donors (Lipinski definition) is 3. The molecule has 0 heterocycles. The summed E-state index contributed by atoms with van der Waals surface area (Å²) in [5, 5.41) is 28.0. The minimum Gasteiger partial charge on any atom is -0.396 e. The maximum Gasteiger partial charge on any atom is 0.0821 e. The fourth-order valence-corrected chi connectivity index (χ4v) is 1.24. The van der Waals surface area contributed by atoms with Crippen LogP contribution in [0.1, 0.15) is 12.5 Å². The lowest BCUT2D eigenvalue weighted by atomic mass is 9.85. The average Bonchev–Trinajstić information content (AvgIpc) is 2.36. The van der Waals surface area contributed by atoms with Crippen molar-refractivity contribution in [2.45, 2.75) is 13.0 Å². The maximum absolute atomic E-state index is 9.82. The van der Waals surface area contributed by atoms with Gasteiger partial charge in [0.25, 0.3) is 0 Å². The van der Waals surface area contributed by atoms with Gasteiger partial charge in [-0.1, -0.05) is 49.4 Å². The Morgan fingerprint density at radius 3 is 2.25 bits per heavy atom. The van der Waals surface area contributed by atoms with Gasteiger partial charge in [-0.05, 0) is 5.56 Å². The van der Waals surface area contributed by atoms with E-state index < -0.39 is 11.5 Å². The number of hydrogen-bond acceptors (Lipinski definition) is 3. The zero-order chi connectivity index (χ0) is 12.0. The highest BCUT2D eigenvalue weighted by Gasteiger charge is 2.29. The van der Waals surface area contributed by atoms with Gasteiger partial charge < -0.3 is 15.3 Å². The van der Waals surface area contributed by atoms with E-state index in [4.69, 9.17) is 10.2 Å². The third-order valence-corrected chi connectivity index (χ3v) is 2.71. The van der Waals surface area contributed by atoms with Gasteiger partial charge in [0.2, 0.25) is 0 Å². The molecular weight excluding hydrogens is 204 g/mol. The van der Waals surface area contributed by atoms with Gasteiger partial charge in [-0.3, -0.25) is 0 Å². The first-order valence-electron chi connectivity index (χ1n) is 5.25. The Bertz CT molecular complexity index is 328.